The smallest absolute Gasteiger partial charge is 0.0859 e. The fourth-order valence-corrected chi connectivity index (χ4v) is 4.49. The summed E-state index contributed by atoms with van der Waals surface area (Å²) < 4.78 is 14.9. The molecule has 0 saturated heterocycles. The number of hydrogen-bond donors (Lipinski definition) is 1. The lowest BCUT2D eigenvalue weighted by atomic mass is 10.3. The molecule has 0 radical (unpaired) electrons. The molecule has 2 N–H and O–H groups in total. The van der Waals surface area contributed by atoms with Gasteiger partial charge in [0.05, 0.1) is 37.9 Å². The van der Waals surface area contributed by atoms with Gasteiger partial charge in [0.2, 0.25) is 0 Å². The van der Waals surface area contributed by atoms with E-state index in [1.54, 1.807) is 22.9 Å². The molecule has 0 aliphatic rings. The number of halogens is 2. The number of aromatic nitrogens is 2. The monoisotopic (exact) mass is 375 g/mol. The van der Waals surface area contributed by atoms with Crippen molar-refractivity contribution in [1.82, 2.24) is 9.78 Å². The quantitative estimate of drug-likeness (QED) is 0.833. The second-order valence-corrected chi connectivity index (χ2v) is 7.02. The van der Waals surface area contributed by atoms with Gasteiger partial charge in [0.1, 0.15) is 0 Å². The summed E-state index contributed by atoms with van der Waals surface area (Å²) in [5, 5.41) is 4.94. The third kappa shape index (κ3) is 3.07. The Morgan fingerprint density at radius 1 is 1.50 bits per heavy atom. The molecule has 0 spiro atoms. The van der Waals surface area contributed by atoms with Gasteiger partial charge in [-0.3, -0.25) is 8.89 Å². The Kier molecular flexibility index (Phi) is 4.88. The predicted molar refractivity (Wildman–Crippen MR) is 86.3 cm³/mol. The summed E-state index contributed by atoms with van der Waals surface area (Å²) in [7, 11) is 0.604. The van der Waals surface area contributed by atoms with E-state index in [1.165, 1.54) is 0 Å². The molecule has 0 aliphatic heterocycles. The summed E-state index contributed by atoms with van der Waals surface area (Å²) in [6.07, 6.45) is 0.755. The van der Waals surface area contributed by atoms with Crippen molar-refractivity contribution in [2.24, 2.45) is 7.05 Å². The Hall–Kier alpha value is -0.850. The maximum absolute atomic E-state index is 12.5. The normalized spacial score (nSPS) is 12.6. The standard InChI is InChI=1S/C13H15BrClN3OS/c1-3-10-13(15)11(18(2)17-10)7-20(19)12-5-4-8(16)6-9(12)14/h4-6H,3,7,16H2,1-2H3. The van der Waals surface area contributed by atoms with Gasteiger partial charge in [0.15, 0.2) is 0 Å². The lowest BCUT2D eigenvalue weighted by Gasteiger charge is -2.06. The molecule has 1 unspecified atom stereocenters. The first-order valence-electron chi connectivity index (χ1n) is 6.07. The van der Waals surface area contributed by atoms with E-state index in [0.717, 1.165) is 22.3 Å². The van der Waals surface area contributed by atoms with Crippen molar-refractivity contribution in [2.45, 2.75) is 24.0 Å². The van der Waals surface area contributed by atoms with Crippen LogP contribution in [0.3, 0.4) is 0 Å². The minimum absolute atomic E-state index is 0.324. The van der Waals surface area contributed by atoms with Crippen LogP contribution in [-0.4, -0.2) is 14.0 Å². The fraction of sp³-hybridized carbons (Fsp3) is 0.308. The van der Waals surface area contributed by atoms with Gasteiger partial charge in [-0.15, -0.1) is 0 Å². The lowest BCUT2D eigenvalue weighted by molar-refractivity contribution is 0.675. The average Bonchev–Trinajstić information content (AvgIpc) is 2.66. The summed E-state index contributed by atoms with van der Waals surface area (Å²) in [6, 6.07) is 5.25. The van der Waals surface area contributed by atoms with E-state index in [0.29, 0.717) is 21.4 Å². The van der Waals surface area contributed by atoms with E-state index >= 15 is 0 Å². The van der Waals surface area contributed by atoms with E-state index in [4.69, 9.17) is 17.3 Å². The predicted octanol–water partition coefficient (Wildman–Crippen LogP) is 3.29. The molecule has 1 aromatic carbocycles. The Balaban J connectivity index is 2.30. The zero-order valence-electron chi connectivity index (χ0n) is 11.2. The van der Waals surface area contributed by atoms with Crippen LogP contribution in [-0.2, 0) is 30.0 Å². The molecule has 20 heavy (non-hydrogen) atoms. The van der Waals surface area contributed by atoms with E-state index in [1.807, 2.05) is 14.0 Å². The maximum atomic E-state index is 12.5. The van der Waals surface area contributed by atoms with E-state index in [9.17, 15) is 4.21 Å². The van der Waals surface area contributed by atoms with E-state index in [-0.39, 0.29) is 0 Å². The van der Waals surface area contributed by atoms with Crippen molar-refractivity contribution in [3.8, 4) is 0 Å². The van der Waals surface area contributed by atoms with E-state index < -0.39 is 10.8 Å². The van der Waals surface area contributed by atoms with Gasteiger partial charge in [-0.1, -0.05) is 18.5 Å². The summed E-state index contributed by atoms with van der Waals surface area (Å²) in [4.78, 5) is 0.703. The van der Waals surface area contributed by atoms with Gasteiger partial charge >= 0.3 is 0 Å². The van der Waals surface area contributed by atoms with Gasteiger partial charge in [-0.05, 0) is 40.5 Å². The van der Waals surface area contributed by atoms with Crippen LogP contribution >= 0.6 is 27.5 Å². The number of benzene rings is 1. The molecule has 4 nitrogen and oxygen atoms in total. The van der Waals surface area contributed by atoms with Crippen LogP contribution in [0.25, 0.3) is 0 Å². The lowest BCUT2D eigenvalue weighted by Crippen LogP contribution is -2.04. The van der Waals surface area contributed by atoms with Gasteiger partial charge in [0, 0.05) is 17.2 Å². The second kappa shape index (κ2) is 6.28. The molecular formula is C13H15BrClN3OS. The summed E-state index contributed by atoms with van der Waals surface area (Å²) in [6.45, 7) is 1.99. The molecule has 2 aromatic rings. The summed E-state index contributed by atoms with van der Waals surface area (Å²) in [5.41, 5.74) is 7.93. The fourth-order valence-electron chi connectivity index (χ4n) is 1.88. The van der Waals surface area contributed by atoms with Crippen molar-refractivity contribution in [3.05, 3.63) is 39.1 Å². The van der Waals surface area contributed by atoms with Crippen molar-refractivity contribution in [2.75, 3.05) is 5.73 Å². The number of aryl methyl sites for hydroxylation is 2. The minimum Gasteiger partial charge on any atom is -0.399 e. The number of rotatable bonds is 4. The van der Waals surface area contributed by atoms with Gasteiger partial charge in [-0.2, -0.15) is 5.10 Å². The van der Waals surface area contributed by atoms with Gasteiger partial charge < -0.3 is 5.73 Å². The topological polar surface area (TPSA) is 60.9 Å². The largest absolute Gasteiger partial charge is 0.399 e. The molecule has 0 amide bonds. The van der Waals surface area contributed by atoms with Crippen molar-refractivity contribution in [3.63, 3.8) is 0 Å². The molecular weight excluding hydrogens is 362 g/mol. The zero-order valence-corrected chi connectivity index (χ0v) is 14.3. The number of hydrogen-bond acceptors (Lipinski definition) is 3. The molecule has 1 atom stereocenters. The maximum Gasteiger partial charge on any atom is 0.0859 e. The van der Waals surface area contributed by atoms with Crippen LogP contribution in [0.15, 0.2) is 27.6 Å². The first-order chi connectivity index (χ1) is 9.43. The van der Waals surface area contributed by atoms with Crippen LogP contribution in [0.1, 0.15) is 18.3 Å². The van der Waals surface area contributed by atoms with Gasteiger partial charge in [0.25, 0.3) is 0 Å². The van der Waals surface area contributed by atoms with Crippen LogP contribution in [0.5, 0.6) is 0 Å². The highest BCUT2D eigenvalue weighted by atomic mass is 79.9. The van der Waals surface area contributed by atoms with Crippen molar-refractivity contribution in [1.29, 1.82) is 0 Å². The molecule has 0 aliphatic carbocycles. The molecule has 0 saturated carbocycles. The highest BCUT2D eigenvalue weighted by molar-refractivity contribution is 9.10. The summed E-state index contributed by atoms with van der Waals surface area (Å²) in [5.74, 6) is 0.324. The number of nitrogens with zero attached hydrogens (tertiary/aromatic N) is 2. The first kappa shape index (κ1) is 15.5. The second-order valence-electron chi connectivity index (χ2n) is 4.36. The third-order valence-corrected chi connectivity index (χ3v) is 5.71. The zero-order chi connectivity index (χ0) is 14.9. The Morgan fingerprint density at radius 2 is 2.20 bits per heavy atom. The molecule has 1 heterocycles. The molecule has 1 aromatic heterocycles. The van der Waals surface area contributed by atoms with Crippen molar-refractivity contribution < 1.29 is 4.21 Å². The summed E-state index contributed by atoms with van der Waals surface area (Å²) >= 11 is 9.67. The SMILES string of the molecule is CCc1nn(C)c(CS(=O)c2ccc(N)cc2Br)c1Cl. The van der Waals surface area contributed by atoms with Crippen LogP contribution in [0.4, 0.5) is 5.69 Å². The Labute approximate surface area is 133 Å². The molecule has 2 rings (SSSR count). The Morgan fingerprint density at radius 3 is 2.75 bits per heavy atom. The number of nitrogens with two attached hydrogens (primary N) is 1. The molecule has 7 heteroatoms. The minimum atomic E-state index is -1.21. The Bertz CT molecular complexity index is 672. The first-order valence-corrected chi connectivity index (χ1v) is 8.56. The third-order valence-electron chi connectivity index (χ3n) is 2.97. The number of nitrogen functional groups attached to an aromatic ring is 1. The molecule has 0 fully saturated rings. The van der Waals surface area contributed by atoms with Crippen LogP contribution in [0.2, 0.25) is 5.02 Å². The van der Waals surface area contributed by atoms with Crippen molar-refractivity contribution >= 4 is 44.0 Å². The average molecular weight is 377 g/mol. The van der Waals surface area contributed by atoms with Crippen LogP contribution in [0, 0.1) is 0 Å². The molecule has 0 bridgehead atoms. The van der Waals surface area contributed by atoms with Gasteiger partial charge in [-0.25, -0.2) is 0 Å². The number of anilines is 1. The highest BCUT2D eigenvalue weighted by Gasteiger charge is 2.17. The molecule has 108 valence electrons. The van der Waals surface area contributed by atoms with E-state index in [2.05, 4.69) is 21.0 Å². The highest BCUT2D eigenvalue weighted by Crippen LogP contribution is 2.27. The van der Waals surface area contributed by atoms with Crippen LogP contribution < -0.4 is 5.73 Å².